The second-order valence-corrected chi connectivity index (χ2v) is 6.54. The molecule has 4 heteroatoms. The molecule has 2 rings (SSSR count). The minimum atomic E-state index is 0.623. The molecule has 0 aromatic carbocycles. The number of hydrogen-bond donors (Lipinski definition) is 1. The summed E-state index contributed by atoms with van der Waals surface area (Å²) in [6, 6.07) is 3.48. The first kappa shape index (κ1) is 15.5. The lowest BCUT2D eigenvalue weighted by Crippen LogP contribution is -2.57. The van der Waals surface area contributed by atoms with Crippen LogP contribution < -0.4 is 5.32 Å². The van der Waals surface area contributed by atoms with E-state index >= 15 is 0 Å². The molecular weight excluding hydrogens is 248 g/mol. The van der Waals surface area contributed by atoms with Gasteiger partial charge in [-0.3, -0.25) is 9.58 Å². The molecule has 0 aliphatic carbocycles. The maximum Gasteiger partial charge on any atom is 0.0597 e. The number of nitrogens with zero attached hydrogens (tertiary/aromatic N) is 3. The van der Waals surface area contributed by atoms with Gasteiger partial charge in [0.05, 0.1) is 11.4 Å². The van der Waals surface area contributed by atoms with Gasteiger partial charge < -0.3 is 5.32 Å². The maximum atomic E-state index is 4.48. The molecule has 2 atom stereocenters. The largest absolute Gasteiger partial charge is 0.311 e. The zero-order chi connectivity index (χ0) is 14.7. The maximum absolute atomic E-state index is 4.48. The van der Waals surface area contributed by atoms with Crippen molar-refractivity contribution in [2.24, 2.45) is 13.0 Å². The Morgan fingerprint density at radius 3 is 2.75 bits per heavy atom. The summed E-state index contributed by atoms with van der Waals surface area (Å²) in [4.78, 5) is 2.65. The Kier molecular flexibility index (Phi) is 5.22. The molecular formula is C16H30N4. The summed E-state index contributed by atoms with van der Waals surface area (Å²) in [5.74, 6) is 0.680. The van der Waals surface area contributed by atoms with Gasteiger partial charge in [0.15, 0.2) is 0 Å². The van der Waals surface area contributed by atoms with Gasteiger partial charge in [-0.2, -0.15) is 5.10 Å². The van der Waals surface area contributed by atoms with Crippen molar-refractivity contribution in [3.8, 4) is 0 Å². The number of aromatic nitrogens is 2. The number of aryl methyl sites for hydroxylation is 2. The first-order valence-corrected chi connectivity index (χ1v) is 7.98. The Hall–Kier alpha value is -0.870. The molecule has 1 aliphatic heterocycles. The van der Waals surface area contributed by atoms with Crippen molar-refractivity contribution >= 4 is 0 Å². The van der Waals surface area contributed by atoms with Gasteiger partial charge in [0.2, 0.25) is 0 Å². The van der Waals surface area contributed by atoms with Crippen molar-refractivity contribution in [3.63, 3.8) is 0 Å². The standard InChI is InChI=1S/C16H30N4/c1-6-7-14-10-20(16(9-17-14)12(2)3)11-15-8-13(4)18-19(15)5/h8,12,14,16-17H,6-7,9-11H2,1-5H3. The van der Waals surface area contributed by atoms with Crippen LogP contribution in [0.25, 0.3) is 0 Å². The average Bonchev–Trinajstić information content (AvgIpc) is 2.68. The molecule has 1 N–H and O–H groups in total. The molecule has 0 bridgehead atoms. The molecule has 20 heavy (non-hydrogen) atoms. The van der Waals surface area contributed by atoms with Crippen LogP contribution >= 0.6 is 0 Å². The Labute approximate surface area is 123 Å². The highest BCUT2D eigenvalue weighted by molar-refractivity contribution is 5.09. The first-order chi connectivity index (χ1) is 9.51. The summed E-state index contributed by atoms with van der Waals surface area (Å²) in [6.45, 7) is 12.3. The summed E-state index contributed by atoms with van der Waals surface area (Å²) in [5.41, 5.74) is 2.44. The second kappa shape index (κ2) is 6.72. The van der Waals surface area contributed by atoms with Gasteiger partial charge in [0.1, 0.15) is 0 Å². The Bertz CT molecular complexity index is 424. The summed E-state index contributed by atoms with van der Waals surface area (Å²) in [6.07, 6.45) is 2.52. The van der Waals surface area contributed by atoms with Crippen molar-refractivity contribution in [3.05, 3.63) is 17.5 Å². The van der Waals surface area contributed by atoms with Gasteiger partial charge in [0, 0.05) is 38.8 Å². The molecule has 1 aromatic heterocycles. The van der Waals surface area contributed by atoms with Crippen molar-refractivity contribution in [2.45, 2.75) is 59.2 Å². The number of rotatable bonds is 5. The smallest absolute Gasteiger partial charge is 0.0597 e. The molecule has 2 heterocycles. The fraction of sp³-hybridized carbons (Fsp3) is 0.812. The molecule has 0 spiro atoms. The zero-order valence-corrected chi connectivity index (χ0v) is 13.7. The van der Waals surface area contributed by atoms with Gasteiger partial charge >= 0.3 is 0 Å². The molecule has 1 aliphatic rings. The van der Waals surface area contributed by atoms with E-state index in [0.29, 0.717) is 18.0 Å². The predicted molar refractivity (Wildman–Crippen MR) is 83.7 cm³/mol. The van der Waals surface area contributed by atoms with Gasteiger partial charge in [-0.1, -0.05) is 27.2 Å². The highest BCUT2D eigenvalue weighted by Gasteiger charge is 2.29. The second-order valence-electron chi connectivity index (χ2n) is 6.54. The van der Waals surface area contributed by atoms with Crippen LogP contribution in [0.15, 0.2) is 6.07 Å². The van der Waals surface area contributed by atoms with E-state index in [9.17, 15) is 0 Å². The van der Waals surface area contributed by atoms with Crippen LogP contribution in [-0.4, -0.2) is 39.9 Å². The van der Waals surface area contributed by atoms with Gasteiger partial charge in [-0.25, -0.2) is 0 Å². The van der Waals surface area contributed by atoms with E-state index in [-0.39, 0.29) is 0 Å². The van der Waals surface area contributed by atoms with Crippen molar-refractivity contribution in [1.82, 2.24) is 20.0 Å². The quantitative estimate of drug-likeness (QED) is 0.897. The molecule has 1 saturated heterocycles. The number of nitrogens with one attached hydrogen (secondary N) is 1. The van der Waals surface area contributed by atoms with Crippen LogP contribution in [0.1, 0.15) is 45.0 Å². The van der Waals surface area contributed by atoms with E-state index in [0.717, 1.165) is 25.3 Å². The summed E-state index contributed by atoms with van der Waals surface area (Å²) in [5, 5.41) is 8.20. The van der Waals surface area contributed by atoms with E-state index in [4.69, 9.17) is 0 Å². The van der Waals surface area contributed by atoms with Gasteiger partial charge in [-0.15, -0.1) is 0 Å². The third kappa shape index (κ3) is 3.61. The van der Waals surface area contributed by atoms with Crippen molar-refractivity contribution in [1.29, 1.82) is 0 Å². The molecule has 0 saturated carbocycles. The molecule has 4 nitrogen and oxygen atoms in total. The van der Waals surface area contributed by atoms with Crippen LogP contribution in [0.3, 0.4) is 0 Å². The summed E-state index contributed by atoms with van der Waals surface area (Å²) < 4.78 is 2.03. The monoisotopic (exact) mass is 278 g/mol. The van der Waals surface area contributed by atoms with Gasteiger partial charge in [0.25, 0.3) is 0 Å². The van der Waals surface area contributed by atoms with Gasteiger partial charge in [-0.05, 0) is 25.3 Å². The Morgan fingerprint density at radius 2 is 2.20 bits per heavy atom. The van der Waals surface area contributed by atoms with Crippen LogP contribution in [0.5, 0.6) is 0 Å². The SMILES string of the molecule is CCCC1CN(Cc2cc(C)nn2C)C(C(C)C)CN1. The topological polar surface area (TPSA) is 33.1 Å². The van der Waals surface area contributed by atoms with Crippen LogP contribution in [0, 0.1) is 12.8 Å². The Balaban J connectivity index is 2.08. The molecule has 0 amide bonds. The lowest BCUT2D eigenvalue weighted by atomic mass is 9.97. The zero-order valence-electron chi connectivity index (χ0n) is 13.7. The fourth-order valence-corrected chi connectivity index (χ4v) is 3.30. The van der Waals surface area contributed by atoms with Crippen molar-refractivity contribution < 1.29 is 0 Å². The summed E-state index contributed by atoms with van der Waals surface area (Å²) >= 11 is 0. The van der Waals surface area contributed by atoms with E-state index in [2.05, 4.69) is 56.1 Å². The fourth-order valence-electron chi connectivity index (χ4n) is 3.30. The van der Waals surface area contributed by atoms with Crippen molar-refractivity contribution in [2.75, 3.05) is 13.1 Å². The van der Waals surface area contributed by atoms with E-state index in [1.807, 2.05) is 4.68 Å². The molecule has 114 valence electrons. The van der Waals surface area contributed by atoms with Crippen LogP contribution in [0.2, 0.25) is 0 Å². The van der Waals surface area contributed by atoms with Crippen LogP contribution in [-0.2, 0) is 13.6 Å². The normalized spacial score (nSPS) is 24.5. The predicted octanol–water partition coefficient (Wildman–Crippen LogP) is 2.33. The summed E-state index contributed by atoms with van der Waals surface area (Å²) in [7, 11) is 2.05. The molecule has 1 fully saturated rings. The highest BCUT2D eigenvalue weighted by Crippen LogP contribution is 2.20. The van der Waals surface area contributed by atoms with E-state index < -0.39 is 0 Å². The van der Waals surface area contributed by atoms with Crippen LogP contribution in [0.4, 0.5) is 0 Å². The minimum Gasteiger partial charge on any atom is -0.311 e. The van der Waals surface area contributed by atoms with E-state index in [1.54, 1.807) is 0 Å². The number of hydrogen-bond acceptors (Lipinski definition) is 3. The lowest BCUT2D eigenvalue weighted by molar-refractivity contribution is 0.0861. The third-order valence-electron chi connectivity index (χ3n) is 4.41. The lowest BCUT2D eigenvalue weighted by Gasteiger charge is -2.42. The highest BCUT2D eigenvalue weighted by atomic mass is 15.3. The molecule has 0 radical (unpaired) electrons. The molecule has 2 unspecified atom stereocenters. The average molecular weight is 278 g/mol. The molecule has 1 aromatic rings. The number of piperazine rings is 1. The third-order valence-corrected chi connectivity index (χ3v) is 4.41. The first-order valence-electron chi connectivity index (χ1n) is 7.98. The van der Waals surface area contributed by atoms with E-state index in [1.165, 1.54) is 18.5 Å². The Morgan fingerprint density at radius 1 is 1.45 bits per heavy atom. The minimum absolute atomic E-state index is 0.623.